The summed E-state index contributed by atoms with van der Waals surface area (Å²) in [6.07, 6.45) is 0. The van der Waals surface area contributed by atoms with Crippen LogP contribution in [0.15, 0.2) is 34.7 Å². The van der Waals surface area contributed by atoms with Gasteiger partial charge < -0.3 is 15.1 Å². The first-order valence-electron chi connectivity index (χ1n) is 8.24. The summed E-state index contributed by atoms with van der Waals surface area (Å²) < 4.78 is 5.70. The van der Waals surface area contributed by atoms with Crippen LogP contribution in [0.2, 0.25) is 0 Å². The number of aromatic nitrogens is 2. The first-order valence-corrected chi connectivity index (χ1v) is 9.06. The van der Waals surface area contributed by atoms with Gasteiger partial charge in [0.2, 0.25) is 0 Å². The molecular formula is C18H20N4O2S. The van der Waals surface area contributed by atoms with Crippen LogP contribution in [0.25, 0.3) is 10.6 Å². The van der Waals surface area contributed by atoms with Crippen molar-refractivity contribution in [2.45, 2.75) is 25.8 Å². The van der Waals surface area contributed by atoms with E-state index in [1.165, 1.54) is 4.88 Å². The molecule has 4 heterocycles. The number of hydrogen-bond donors (Lipinski definition) is 2. The Kier molecular flexibility index (Phi) is 3.97. The molecule has 1 fully saturated rings. The van der Waals surface area contributed by atoms with Gasteiger partial charge in [-0.1, -0.05) is 0 Å². The zero-order valence-electron chi connectivity index (χ0n) is 14.2. The molecule has 0 aromatic carbocycles. The van der Waals surface area contributed by atoms with E-state index < -0.39 is 0 Å². The highest BCUT2D eigenvalue weighted by Crippen LogP contribution is 2.30. The van der Waals surface area contributed by atoms with Crippen molar-refractivity contribution in [3.8, 4) is 10.6 Å². The number of aromatic amines is 1. The molecule has 25 heavy (non-hydrogen) atoms. The molecule has 0 saturated carbocycles. The maximum absolute atomic E-state index is 12.8. The van der Waals surface area contributed by atoms with Gasteiger partial charge in [-0.2, -0.15) is 5.10 Å². The number of hydrogen-bond acceptors (Lipinski definition) is 5. The molecule has 7 heteroatoms. The Hall–Kier alpha value is -2.38. The van der Waals surface area contributed by atoms with Crippen molar-refractivity contribution in [2.75, 3.05) is 13.1 Å². The predicted octanol–water partition coefficient (Wildman–Crippen LogP) is 2.91. The summed E-state index contributed by atoms with van der Waals surface area (Å²) in [5, 5.41) is 7.16. The van der Waals surface area contributed by atoms with Gasteiger partial charge in [-0.15, -0.1) is 11.3 Å². The van der Waals surface area contributed by atoms with Crippen LogP contribution in [0.4, 0.5) is 0 Å². The Labute approximate surface area is 149 Å². The number of H-pyrrole nitrogens is 1. The van der Waals surface area contributed by atoms with E-state index in [0.29, 0.717) is 18.8 Å². The third-order valence-corrected chi connectivity index (χ3v) is 5.62. The second-order valence-corrected chi connectivity index (χ2v) is 7.79. The number of nitrogens with one attached hydrogen (secondary N) is 1. The fraction of sp³-hybridized carbons (Fsp3) is 0.333. The largest absolute Gasteiger partial charge is 0.466 e. The van der Waals surface area contributed by atoms with Crippen molar-refractivity contribution < 1.29 is 9.21 Å². The van der Waals surface area contributed by atoms with Crippen LogP contribution < -0.4 is 5.73 Å². The second kappa shape index (κ2) is 6.16. The van der Waals surface area contributed by atoms with Crippen molar-refractivity contribution >= 4 is 17.2 Å². The summed E-state index contributed by atoms with van der Waals surface area (Å²) in [5.41, 5.74) is 7.53. The van der Waals surface area contributed by atoms with Gasteiger partial charge in [0.15, 0.2) is 5.69 Å². The highest BCUT2D eigenvalue weighted by Gasteiger charge is 2.36. The quantitative estimate of drug-likeness (QED) is 0.755. The summed E-state index contributed by atoms with van der Waals surface area (Å²) in [6.45, 7) is 5.01. The number of carbonyl (C=O) groups is 1. The Bertz CT molecular complexity index is 910. The lowest BCUT2D eigenvalue weighted by atomic mass is 10.0. The SMILES string of the molecule is Cc1ccc([C@@H]2CN(C(=O)c3cc(-c4ccc(C)s4)[nH]n3)C[C@H]2N)o1. The van der Waals surface area contributed by atoms with E-state index >= 15 is 0 Å². The number of aryl methyl sites for hydroxylation is 2. The maximum Gasteiger partial charge on any atom is 0.274 e. The smallest absolute Gasteiger partial charge is 0.274 e. The third-order valence-electron chi connectivity index (χ3n) is 4.58. The Morgan fingerprint density at radius 2 is 2.16 bits per heavy atom. The van der Waals surface area contributed by atoms with Crippen molar-refractivity contribution in [3.05, 3.63) is 52.4 Å². The molecule has 1 saturated heterocycles. The first kappa shape index (κ1) is 16.1. The summed E-state index contributed by atoms with van der Waals surface area (Å²) in [5.74, 6) is 1.63. The number of nitrogens with zero attached hydrogens (tertiary/aromatic N) is 2. The molecule has 0 aliphatic carbocycles. The van der Waals surface area contributed by atoms with Gasteiger partial charge in [0.05, 0.1) is 16.5 Å². The monoisotopic (exact) mass is 356 g/mol. The highest BCUT2D eigenvalue weighted by molar-refractivity contribution is 7.15. The minimum atomic E-state index is -0.132. The fourth-order valence-corrected chi connectivity index (χ4v) is 4.08. The molecule has 0 spiro atoms. The average molecular weight is 356 g/mol. The molecule has 0 radical (unpaired) electrons. The predicted molar refractivity (Wildman–Crippen MR) is 96.7 cm³/mol. The van der Waals surface area contributed by atoms with Gasteiger partial charge in [-0.05, 0) is 44.2 Å². The van der Waals surface area contributed by atoms with E-state index in [2.05, 4.69) is 23.2 Å². The molecule has 3 aromatic rings. The molecule has 1 aliphatic rings. The number of nitrogens with two attached hydrogens (primary N) is 1. The van der Waals surface area contributed by atoms with E-state index in [-0.39, 0.29) is 17.9 Å². The van der Waals surface area contributed by atoms with E-state index in [1.54, 1.807) is 16.2 Å². The normalized spacial score (nSPS) is 20.4. The zero-order chi connectivity index (χ0) is 17.6. The van der Waals surface area contributed by atoms with Crippen LogP contribution in [0.1, 0.15) is 32.8 Å². The summed E-state index contributed by atoms with van der Waals surface area (Å²) in [6, 6.07) is 9.63. The number of likely N-dealkylation sites (tertiary alicyclic amines) is 1. The molecule has 6 nitrogen and oxygen atoms in total. The topological polar surface area (TPSA) is 88.2 Å². The Morgan fingerprint density at radius 1 is 1.32 bits per heavy atom. The molecule has 3 aromatic heterocycles. The molecule has 130 valence electrons. The van der Waals surface area contributed by atoms with Crippen LogP contribution in [0.5, 0.6) is 0 Å². The van der Waals surface area contributed by atoms with Crippen molar-refractivity contribution in [2.24, 2.45) is 5.73 Å². The van der Waals surface area contributed by atoms with Crippen LogP contribution in [-0.2, 0) is 0 Å². The minimum Gasteiger partial charge on any atom is -0.466 e. The zero-order valence-corrected chi connectivity index (χ0v) is 15.0. The number of furan rings is 1. The van der Waals surface area contributed by atoms with Crippen LogP contribution in [-0.4, -0.2) is 40.1 Å². The lowest BCUT2D eigenvalue weighted by Crippen LogP contribution is -2.32. The van der Waals surface area contributed by atoms with Crippen LogP contribution in [0.3, 0.4) is 0 Å². The molecule has 1 amide bonds. The summed E-state index contributed by atoms with van der Waals surface area (Å²) >= 11 is 1.67. The fourth-order valence-electron chi connectivity index (χ4n) is 3.25. The molecule has 3 N–H and O–H groups in total. The van der Waals surface area contributed by atoms with Crippen molar-refractivity contribution in [1.29, 1.82) is 0 Å². The molecule has 0 bridgehead atoms. The van der Waals surface area contributed by atoms with E-state index in [9.17, 15) is 4.79 Å². The van der Waals surface area contributed by atoms with E-state index in [1.807, 2.05) is 31.2 Å². The third kappa shape index (κ3) is 3.01. The average Bonchev–Trinajstić information content (AvgIpc) is 3.33. The van der Waals surface area contributed by atoms with Crippen molar-refractivity contribution in [1.82, 2.24) is 15.1 Å². The molecular weight excluding hydrogens is 336 g/mol. The van der Waals surface area contributed by atoms with Crippen LogP contribution in [0, 0.1) is 13.8 Å². The summed E-state index contributed by atoms with van der Waals surface area (Å²) in [7, 11) is 0. The van der Waals surface area contributed by atoms with Gasteiger partial charge in [0, 0.05) is 24.0 Å². The van der Waals surface area contributed by atoms with Crippen LogP contribution >= 0.6 is 11.3 Å². The highest BCUT2D eigenvalue weighted by atomic mass is 32.1. The maximum atomic E-state index is 12.8. The lowest BCUT2D eigenvalue weighted by Gasteiger charge is -2.13. The lowest BCUT2D eigenvalue weighted by molar-refractivity contribution is 0.0782. The molecule has 1 aliphatic heterocycles. The second-order valence-electron chi connectivity index (χ2n) is 6.51. The van der Waals surface area contributed by atoms with Gasteiger partial charge in [0.25, 0.3) is 5.91 Å². The Morgan fingerprint density at radius 3 is 2.84 bits per heavy atom. The molecule has 0 unspecified atom stereocenters. The van der Waals surface area contributed by atoms with Gasteiger partial charge in [-0.3, -0.25) is 9.89 Å². The number of carbonyl (C=O) groups excluding carboxylic acids is 1. The Balaban J connectivity index is 1.51. The molecule has 4 rings (SSSR count). The van der Waals surface area contributed by atoms with Gasteiger partial charge in [0.1, 0.15) is 11.5 Å². The minimum absolute atomic E-state index is 0.0241. The summed E-state index contributed by atoms with van der Waals surface area (Å²) in [4.78, 5) is 16.8. The van der Waals surface area contributed by atoms with Crippen molar-refractivity contribution in [3.63, 3.8) is 0 Å². The number of rotatable bonds is 3. The first-order chi connectivity index (χ1) is 12.0. The van der Waals surface area contributed by atoms with E-state index in [4.69, 9.17) is 10.2 Å². The van der Waals surface area contributed by atoms with Gasteiger partial charge in [-0.25, -0.2) is 0 Å². The van der Waals surface area contributed by atoms with E-state index in [0.717, 1.165) is 22.1 Å². The van der Waals surface area contributed by atoms with Gasteiger partial charge >= 0.3 is 0 Å². The number of thiophene rings is 1. The molecule has 2 atom stereocenters. The number of amides is 1. The standard InChI is InChI=1S/C18H20N4O2S/c1-10-3-5-16(24-10)12-8-22(9-13(12)19)18(23)15-7-14(20-21-15)17-6-4-11(2)25-17/h3-7,12-13H,8-9,19H2,1-2H3,(H,20,21)/t12-,13-/m1/s1.